The number of rotatable bonds is 4. The van der Waals surface area contributed by atoms with Crippen molar-refractivity contribution in [3.63, 3.8) is 0 Å². The zero-order valence-corrected chi connectivity index (χ0v) is 18.5. The van der Waals surface area contributed by atoms with Gasteiger partial charge in [0.05, 0.1) is 11.2 Å². The highest BCUT2D eigenvalue weighted by Crippen LogP contribution is 2.32. The number of pyridine rings is 2. The Morgan fingerprint density at radius 3 is 2.58 bits per heavy atom. The second-order valence-corrected chi connectivity index (χ2v) is 8.48. The molecular formula is C24H26F3N5O. The van der Waals surface area contributed by atoms with Crippen molar-refractivity contribution in [2.45, 2.75) is 39.4 Å². The summed E-state index contributed by atoms with van der Waals surface area (Å²) in [6.07, 6.45) is -2.75. The molecule has 1 saturated heterocycles. The molecule has 0 aliphatic carbocycles. The number of nitrogens with zero attached hydrogens (tertiary/aromatic N) is 3. The zero-order chi connectivity index (χ0) is 23.6. The summed E-state index contributed by atoms with van der Waals surface area (Å²) in [6, 6.07) is 11.2. The van der Waals surface area contributed by atoms with Gasteiger partial charge in [0.1, 0.15) is 11.5 Å². The lowest BCUT2D eigenvalue weighted by atomic mass is 9.99. The summed E-state index contributed by atoms with van der Waals surface area (Å²) >= 11 is 0. The maximum Gasteiger partial charge on any atom is 0.433 e. The van der Waals surface area contributed by atoms with Crippen LogP contribution in [0.1, 0.15) is 36.7 Å². The lowest BCUT2D eigenvalue weighted by molar-refractivity contribution is -0.141. The molecule has 2 N–H and O–H groups in total. The first-order valence-electron chi connectivity index (χ1n) is 10.9. The Morgan fingerprint density at radius 2 is 1.85 bits per heavy atom. The van der Waals surface area contributed by atoms with Gasteiger partial charge in [0, 0.05) is 36.3 Å². The number of hydrogen-bond donors (Lipinski definition) is 2. The Hall–Kier alpha value is -3.36. The molecule has 2 aromatic heterocycles. The van der Waals surface area contributed by atoms with Gasteiger partial charge in [0.2, 0.25) is 0 Å². The average molecular weight is 458 g/mol. The van der Waals surface area contributed by atoms with Gasteiger partial charge in [-0.3, -0.25) is 4.98 Å². The van der Waals surface area contributed by atoms with Crippen LogP contribution in [0.3, 0.4) is 0 Å². The van der Waals surface area contributed by atoms with Gasteiger partial charge in [-0.15, -0.1) is 0 Å². The minimum atomic E-state index is -4.53. The molecule has 0 saturated carbocycles. The summed E-state index contributed by atoms with van der Waals surface area (Å²) in [7, 11) is 0. The third kappa shape index (κ3) is 5.35. The number of urea groups is 1. The van der Waals surface area contributed by atoms with Gasteiger partial charge in [0.15, 0.2) is 0 Å². The van der Waals surface area contributed by atoms with Crippen LogP contribution in [-0.4, -0.2) is 29.1 Å². The number of benzene rings is 1. The molecule has 9 heteroatoms. The predicted molar refractivity (Wildman–Crippen MR) is 122 cm³/mol. The molecule has 1 aromatic carbocycles. The quantitative estimate of drug-likeness (QED) is 0.542. The minimum Gasteiger partial charge on any atom is -0.356 e. The number of carbonyl (C=O) groups is 1. The second-order valence-electron chi connectivity index (χ2n) is 8.48. The molecule has 1 aliphatic rings. The van der Waals surface area contributed by atoms with Crippen LogP contribution in [-0.2, 0) is 12.7 Å². The Balaban J connectivity index is 1.52. The first-order valence-corrected chi connectivity index (χ1v) is 10.9. The van der Waals surface area contributed by atoms with Crippen LogP contribution in [0.4, 0.5) is 29.5 Å². The number of piperidine rings is 1. The second kappa shape index (κ2) is 9.25. The Bertz CT molecular complexity index is 1160. The number of aromatic nitrogens is 2. The first kappa shape index (κ1) is 22.8. The fourth-order valence-corrected chi connectivity index (χ4v) is 3.95. The number of para-hydroxylation sites is 1. The number of halogens is 3. The van der Waals surface area contributed by atoms with Gasteiger partial charge in [-0.05, 0) is 43.9 Å². The molecule has 0 atom stereocenters. The monoisotopic (exact) mass is 457 g/mol. The van der Waals surface area contributed by atoms with Crippen molar-refractivity contribution >= 4 is 28.4 Å². The number of alkyl halides is 3. The normalized spacial score (nSPS) is 15.0. The van der Waals surface area contributed by atoms with E-state index in [9.17, 15) is 18.0 Å². The molecule has 6 nitrogen and oxygen atoms in total. The highest BCUT2D eigenvalue weighted by molar-refractivity contribution is 5.99. The van der Waals surface area contributed by atoms with Crippen LogP contribution in [0.5, 0.6) is 0 Å². The molecule has 3 aromatic rings. The fourth-order valence-electron chi connectivity index (χ4n) is 3.95. The summed E-state index contributed by atoms with van der Waals surface area (Å²) in [6.45, 7) is 5.32. The number of nitrogens with one attached hydrogen (secondary N) is 2. The molecule has 0 bridgehead atoms. The van der Waals surface area contributed by atoms with E-state index in [2.05, 4.69) is 27.5 Å². The number of hydrogen-bond acceptors (Lipinski definition) is 4. The number of amides is 2. The van der Waals surface area contributed by atoms with E-state index >= 15 is 0 Å². The molecule has 33 heavy (non-hydrogen) atoms. The van der Waals surface area contributed by atoms with Gasteiger partial charge in [-0.25, -0.2) is 9.78 Å². The van der Waals surface area contributed by atoms with E-state index in [1.54, 1.807) is 6.07 Å². The van der Waals surface area contributed by atoms with E-state index in [0.29, 0.717) is 35.8 Å². The lowest BCUT2D eigenvalue weighted by Gasteiger charge is -2.33. The van der Waals surface area contributed by atoms with Gasteiger partial charge < -0.3 is 15.5 Å². The van der Waals surface area contributed by atoms with Crippen LogP contribution < -0.4 is 15.5 Å². The van der Waals surface area contributed by atoms with Gasteiger partial charge in [-0.2, -0.15) is 13.2 Å². The lowest BCUT2D eigenvalue weighted by Crippen LogP contribution is -2.35. The smallest absolute Gasteiger partial charge is 0.356 e. The summed E-state index contributed by atoms with van der Waals surface area (Å²) in [5.74, 6) is 0.803. The number of fused-ring (bicyclic) bond motifs is 1. The highest BCUT2D eigenvalue weighted by Gasteiger charge is 2.34. The Kier molecular flexibility index (Phi) is 6.40. The number of anilines is 2. The van der Waals surface area contributed by atoms with Crippen molar-refractivity contribution < 1.29 is 18.0 Å². The van der Waals surface area contributed by atoms with E-state index in [-0.39, 0.29) is 12.4 Å². The molecular weight excluding hydrogens is 431 g/mol. The molecule has 0 unspecified atom stereocenters. The molecule has 1 fully saturated rings. The number of carbonyl (C=O) groups excluding carboxylic acids is 1. The highest BCUT2D eigenvalue weighted by atomic mass is 19.4. The number of aryl methyl sites for hydroxylation is 1. The van der Waals surface area contributed by atoms with Crippen LogP contribution in [0, 0.1) is 12.8 Å². The molecule has 4 rings (SSSR count). The topological polar surface area (TPSA) is 70.2 Å². The standard InChI is InChI=1S/C24H26F3N5O/c1-15-10-12-32(13-11-15)22-18(8-9-20(31-22)24(25,26)27)14-28-23(33)30-19-5-3-4-17-7-6-16(2)29-21(17)19/h3-9,15H,10-14H2,1-2H3,(H2,28,30,33). The van der Waals surface area contributed by atoms with Crippen molar-refractivity contribution in [2.24, 2.45) is 5.92 Å². The summed E-state index contributed by atoms with van der Waals surface area (Å²) in [4.78, 5) is 22.9. The van der Waals surface area contributed by atoms with Crippen LogP contribution in [0.2, 0.25) is 0 Å². The Morgan fingerprint density at radius 1 is 1.09 bits per heavy atom. The van der Waals surface area contributed by atoms with E-state index < -0.39 is 17.9 Å². The molecule has 0 radical (unpaired) electrons. The molecule has 0 spiro atoms. The maximum absolute atomic E-state index is 13.3. The van der Waals surface area contributed by atoms with Gasteiger partial charge in [-0.1, -0.05) is 31.2 Å². The van der Waals surface area contributed by atoms with Gasteiger partial charge in [0.25, 0.3) is 0 Å². The molecule has 3 heterocycles. The predicted octanol–water partition coefficient (Wildman–Crippen LogP) is 5.52. The van der Waals surface area contributed by atoms with Crippen LogP contribution >= 0.6 is 0 Å². The summed E-state index contributed by atoms with van der Waals surface area (Å²) < 4.78 is 39.8. The third-order valence-corrected chi connectivity index (χ3v) is 5.88. The molecule has 174 valence electrons. The summed E-state index contributed by atoms with van der Waals surface area (Å²) in [5.41, 5.74) is 1.67. The zero-order valence-electron chi connectivity index (χ0n) is 18.5. The first-order chi connectivity index (χ1) is 15.7. The Labute approximate surface area is 190 Å². The van der Waals surface area contributed by atoms with Crippen molar-refractivity contribution in [3.05, 3.63) is 59.4 Å². The molecule has 2 amide bonds. The van der Waals surface area contributed by atoms with Crippen LogP contribution in [0.25, 0.3) is 10.9 Å². The van der Waals surface area contributed by atoms with E-state index in [0.717, 1.165) is 30.0 Å². The third-order valence-electron chi connectivity index (χ3n) is 5.88. The largest absolute Gasteiger partial charge is 0.433 e. The van der Waals surface area contributed by atoms with E-state index in [1.807, 2.05) is 36.1 Å². The summed E-state index contributed by atoms with van der Waals surface area (Å²) in [5, 5.41) is 6.44. The fraction of sp³-hybridized carbons (Fsp3) is 0.375. The maximum atomic E-state index is 13.3. The van der Waals surface area contributed by atoms with Crippen molar-refractivity contribution in [3.8, 4) is 0 Å². The molecule has 1 aliphatic heterocycles. The minimum absolute atomic E-state index is 0.0512. The van der Waals surface area contributed by atoms with Crippen molar-refractivity contribution in [1.29, 1.82) is 0 Å². The van der Waals surface area contributed by atoms with Crippen molar-refractivity contribution in [2.75, 3.05) is 23.3 Å². The SMILES string of the molecule is Cc1ccc2cccc(NC(=O)NCc3ccc(C(F)(F)F)nc3N3CCC(C)CC3)c2n1. The average Bonchev–Trinajstić information content (AvgIpc) is 2.78. The van der Waals surface area contributed by atoms with Crippen LogP contribution in [0.15, 0.2) is 42.5 Å². The van der Waals surface area contributed by atoms with E-state index in [1.165, 1.54) is 6.07 Å². The van der Waals surface area contributed by atoms with E-state index in [4.69, 9.17) is 0 Å². The van der Waals surface area contributed by atoms with Gasteiger partial charge >= 0.3 is 12.2 Å². The van der Waals surface area contributed by atoms with Crippen molar-refractivity contribution in [1.82, 2.24) is 15.3 Å².